The van der Waals surface area contributed by atoms with Gasteiger partial charge in [-0.2, -0.15) is 5.10 Å². The van der Waals surface area contributed by atoms with Gasteiger partial charge in [0, 0.05) is 40.1 Å². The number of halogens is 3. The highest BCUT2D eigenvalue weighted by Gasteiger charge is 2.32. The molecule has 1 amide bonds. The highest BCUT2D eigenvalue weighted by molar-refractivity contribution is 9.10. The van der Waals surface area contributed by atoms with Gasteiger partial charge in [-0.25, -0.2) is 9.69 Å². The molecule has 1 fully saturated rings. The summed E-state index contributed by atoms with van der Waals surface area (Å²) >= 11 is 16.1. The predicted octanol–water partition coefficient (Wildman–Crippen LogP) is 5.64. The topological polar surface area (TPSA) is 50.2 Å². The summed E-state index contributed by atoms with van der Waals surface area (Å²) in [5.41, 5.74) is 8.23. The molecule has 0 radical (unpaired) electrons. The Morgan fingerprint density at radius 1 is 1.07 bits per heavy atom. The number of fused-ring (bicyclic) bond motifs is 3. The number of aromatic nitrogens is 2. The Bertz CT molecular complexity index is 1150. The van der Waals surface area contributed by atoms with E-state index in [1.54, 1.807) is 16.8 Å². The molecular weight excluding hydrogens is 487 g/mol. The van der Waals surface area contributed by atoms with E-state index in [-0.39, 0.29) is 5.91 Å². The van der Waals surface area contributed by atoms with Gasteiger partial charge in [0.15, 0.2) is 5.69 Å². The van der Waals surface area contributed by atoms with Gasteiger partial charge in [0.1, 0.15) is 0 Å². The number of hydrazine groups is 1. The summed E-state index contributed by atoms with van der Waals surface area (Å²) in [6.07, 6.45) is 4.03. The lowest BCUT2D eigenvalue weighted by Gasteiger charge is -2.26. The molecule has 2 heterocycles. The molecule has 5 nitrogen and oxygen atoms in total. The maximum absolute atomic E-state index is 13.2. The Morgan fingerprint density at radius 2 is 1.87 bits per heavy atom. The number of benzene rings is 2. The number of carbonyl (C=O) groups excluding carboxylic acids is 1. The van der Waals surface area contributed by atoms with Crippen molar-refractivity contribution in [1.82, 2.24) is 20.2 Å². The average molecular weight is 506 g/mol. The minimum Gasteiger partial charge on any atom is -0.283 e. The van der Waals surface area contributed by atoms with Crippen LogP contribution >= 0.6 is 39.1 Å². The third-order valence-electron chi connectivity index (χ3n) is 5.64. The van der Waals surface area contributed by atoms with Gasteiger partial charge in [0.05, 0.1) is 16.4 Å². The Hall–Kier alpha value is -1.86. The largest absolute Gasteiger partial charge is 0.286 e. The first-order valence-electron chi connectivity index (χ1n) is 9.93. The van der Waals surface area contributed by atoms with Crippen LogP contribution in [0.5, 0.6) is 0 Å². The molecule has 5 rings (SSSR count). The van der Waals surface area contributed by atoms with Crippen LogP contribution in [0.2, 0.25) is 10.0 Å². The van der Waals surface area contributed by atoms with E-state index in [4.69, 9.17) is 28.3 Å². The molecule has 2 aromatic carbocycles. The van der Waals surface area contributed by atoms with Crippen LogP contribution in [0, 0.1) is 0 Å². The second-order valence-corrected chi connectivity index (χ2v) is 9.41. The summed E-state index contributed by atoms with van der Waals surface area (Å²) in [7, 11) is 0. The summed E-state index contributed by atoms with van der Waals surface area (Å²) in [5, 5.41) is 7.75. The van der Waals surface area contributed by atoms with Crippen molar-refractivity contribution < 1.29 is 4.79 Å². The second kappa shape index (κ2) is 8.00. The van der Waals surface area contributed by atoms with E-state index >= 15 is 0 Å². The number of hydrogen-bond donors (Lipinski definition) is 1. The minimum atomic E-state index is -0.177. The Balaban J connectivity index is 1.61. The van der Waals surface area contributed by atoms with Gasteiger partial charge in [0.25, 0.3) is 5.91 Å². The molecule has 0 unspecified atom stereocenters. The Kier molecular flexibility index (Phi) is 5.35. The van der Waals surface area contributed by atoms with Gasteiger partial charge in [-0.1, -0.05) is 51.6 Å². The van der Waals surface area contributed by atoms with Crippen LogP contribution in [0.1, 0.15) is 40.9 Å². The molecule has 1 aliphatic heterocycles. The lowest BCUT2D eigenvalue weighted by molar-refractivity contribution is 0.0743. The summed E-state index contributed by atoms with van der Waals surface area (Å²) in [6, 6.07) is 11.5. The molecule has 0 saturated carbocycles. The minimum absolute atomic E-state index is 0.177. The zero-order valence-electron chi connectivity index (χ0n) is 16.1. The van der Waals surface area contributed by atoms with Gasteiger partial charge >= 0.3 is 0 Å². The standard InChI is InChI=1S/C22H19BrCl2N4O/c23-14-4-6-16-13(10-14)11-17-20(22(30)27-28-8-2-1-3-9-28)26-29(21(16)17)19-7-5-15(24)12-18(19)25/h4-7,10,12H,1-3,8-9,11H2,(H,27,30). The molecule has 0 spiro atoms. The van der Waals surface area contributed by atoms with E-state index < -0.39 is 0 Å². The maximum Gasteiger partial charge on any atom is 0.286 e. The smallest absolute Gasteiger partial charge is 0.283 e. The first-order valence-corrected chi connectivity index (χ1v) is 11.5. The SMILES string of the molecule is O=C(NN1CCCCC1)c1nn(-c2ccc(Cl)cc2Cl)c2c1Cc1cc(Br)ccc1-2. The molecule has 30 heavy (non-hydrogen) atoms. The molecule has 3 aromatic rings. The van der Waals surface area contributed by atoms with E-state index in [1.165, 1.54) is 6.42 Å². The Morgan fingerprint density at radius 3 is 2.63 bits per heavy atom. The second-order valence-electron chi connectivity index (χ2n) is 7.65. The number of piperidine rings is 1. The van der Waals surface area contributed by atoms with E-state index in [0.29, 0.717) is 27.8 Å². The third kappa shape index (κ3) is 3.56. The van der Waals surface area contributed by atoms with Crippen molar-refractivity contribution in [1.29, 1.82) is 0 Å². The number of carbonyl (C=O) groups is 1. The molecule has 2 aliphatic rings. The summed E-state index contributed by atoms with van der Waals surface area (Å²) in [5.74, 6) is -0.177. The van der Waals surface area contributed by atoms with E-state index in [0.717, 1.165) is 52.8 Å². The zero-order chi connectivity index (χ0) is 20.8. The number of amides is 1. The zero-order valence-corrected chi connectivity index (χ0v) is 19.2. The van der Waals surface area contributed by atoms with Crippen molar-refractivity contribution in [3.8, 4) is 16.9 Å². The monoisotopic (exact) mass is 504 g/mol. The first-order chi connectivity index (χ1) is 14.5. The van der Waals surface area contributed by atoms with Crippen molar-refractivity contribution in [3.05, 3.63) is 67.7 Å². The highest BCUT2D eigenvalue weighted by Crippen LogP contribution is 2.42. The summed E-state index contributed by atoms with van der Waals surface area (Å²) in [4.78, 5) is 13.2. The van der Waals surface area contributed by atoms with Crippen molar-refractivity contribution in [2.75, 3.05) is 13.1 Å². The van der Waals surface area contributed by atoms with Crippen molar-refractivity contribution in [2.45, 2.75) is 25.7 Å². The predicted molar refractivity (Wildman–Crippen MR) is 122 cm³/mol. The fourth-order valence-corrected chi connectivity index (χ4v) is 5.13. The quantitative estimate of drug-likeness (QED) is 0.391. The molecule has 1 saturated heterocycles. The van der Waals surface area contributed by atoms with Gasteiger partial charge in [-0.3, -0.25) is 10.2 Å². The first kappa shape index (κ1) is 20.1. The number of hydrogen-bond acceptors (Lipinski definition) is 3. The van der Waals surface area contributed by atoms with Crippen LogP contribution in [0.25, 0.3) is 16.9 Å². The van der Waals surface area contributed by atoms with Crippen molar-refractivity contribution >= 4 is 45.0 Å². The van der Waals surface area contributed by atoms with Crippen molar-refractivity contribution in [3.63, 3.8) is 0 Å². The average Bonchev–Trinajstić information content (AvgIpc) is 3.25. The number of rotatable bonds is 3. The van der Waals surface area contributed by atoms with Gasteiger partial charge in [-0.05, 0) is 48.7 Å². The van der Waals surface area contributed by atoms with Crippen LogP contribution in [-0.2, 0) is 6.42 Å². The van der Waals surface area contributed by atoms with Crippen LogP contribution in [-0.4, -0.2) is 33.8 Å². The van der Waals surface area contributed by atoms with Gasteiger partial charge in [-0.15, -0.1) is 0 Å². The normalized spacial score (nSPS) is 15.7. The number of nitrogens with one attached hydrogen (secondary N) is 1. The van der Waals surface area contributed by atoms with Crippen LogP contribution < -0.4 is 5.43 Å². The number of nitrogens with zero attached hydrogens (tertiary/aromatic N) is 3. The maximum atomic E-state index is 13.2. The summed E-state index contributed by atoms with van der Waals surface area (Å²) in [6.45, 7) is 1.73. The fourth-order valence-electron chi connectivity index (χ4n) is 4.24. The molecular formula is C22H19BrCl2N4O. The van der Waals surface area contributed by atoms with E-state index in [9.17, 15) is 4.79 Å². The molecule has 1 N–H and O–H groups in total. The highest BCUT2D eigenvalue weighted by atomic mass is 79.9. The Labute approximate surface area is 193 Å². The third-order valence-corrected chi connectivity index (χ3v) is 6.67. The fraction of sp³-hybridized carbons (Fsp3) is 0.273. The molecule has 8 heteroatoms. The lowest BCUT2D eigenvalue weighted by atomic mass is 10.1. The molecule has 1 aromatic heterocycles. The van der Waals surface area contributed by atoms with Crippen LogP contribution in [0.4, 0.5) is 0 Å². The molecule has 0 atom stereocenters. The van der Waals surface area contributed by atoms with E-state index in [2.05, 4.69) is 33.5 Å². The summed E-state index contributed by atoms with van der Waals surface area (Å²) < 4.78 is 2.79. The molecule has 0 bridgehead atoms. The van der Waals surface area contributed by atoms with Gasteiger partial charge in [0.2, 0.25) is 0 Å². The molecule has 1 aliphatic carbocycles. The van der Waals surface area contributed by atoms with Crippen molar-refractivity contribution in [2.24, 2.45) is 0 Å². The van der Waals surface area contributed by atoms with Crippen LogP contribution in [0.3, 0.4) is 0 Å². The molecule has 154 valence electrons. The lowest BCUT2D eigenvalue weighted by Crippen LogP contribution is -2.45. The van der Waals surface area contributed by atoms with Gasteiger partial charge < -0.3 is 0 Å². The van der Waals surface area contributed by atoms with Crippen LogP contribution in [0.15, 0.2) is 40.9 Å². The van der Waals surface area contributed by atoms with E-state index in [1.807, 2.05) is 17.1 Å².